The second-order valence-corrected chi connectivity index (χ2v) is 7.09. The SMILES string of the molecule is Fc1ccc(C(c2ccc(F)cc2)N2CCN(C3CCOC3)CC2)cc1. The molecule has 2 saturated heterocycles. The number of hydrogen-bond acceptors (Lipinski definition) is 3. The van der Waals surface area contributed by atoms with Crippen molar-refractivity contribution in [2.24, 2.45) is 0 Å². The van der Waals surface area contributed by atoms with Gasteiger partial charge in [0.2, 0.25) is 0 Å². The largest absolute Gasteiger partial charge is 0.380 e. The van der Waals surface area contributed by atoms with Crippen molar-refractivity contribution in [3.63, 3.8) is 0 Å². The molecule has 2 aliphatic heterocycles. The summed E-state index contributed by atoms with van der Waals surface area (Å²) >= 11 is 0. The van der Waals surface area contributed by atoms with Crippen LogP contribution in [0.15, 0.2) is 48.5 Å². The minimum Gasteiger partial charge on any atom is -0.380 e. The van der Waals surface area contributed by atoms with Crippen molar-refractivity contribution in [2.45, 2.75) is 18.5 Å². The van der Waals surface area contributed by atoms with Crippen LogP contribution in [-0.4, -0.2) is 55.2 Å². The minimum absolute atomic E-state index is 0.0122. The zero-order valence-corrected chi connectivity index (χ0v) is 14.8. The van der Waals surface area contributed by atoms with Crippen molar-refractivity contribution in [1.82, 2.24) is 9.80 Å². The molecule has 138 valence electrons. The molecule has 2 aliphatic rings. The predicted molar refractivity (Wildman–Crippen MR) is 97.0 cm³/mol. The molecule has 3 nitrogen and oxygen atoms in total. The average Bonchev–Trinajstić information content (AvgIpc) is 3.20. The highest BCUT2D eigenvalue weighted by atomic mass is 19.1. The number of ether oxygens (including phenoxy) is 1. The molecule has 2 heterocycles. The van der Waals surface area contributed by atoms with Crippen LogP contribution in [0.3, 0.4) is 0 Å². The van der Waals surface area contributed by atoms with Crippen molar-refractivity contribution in [1.29, 1.82) is 0 Å². The highest BCUT2D eigenvalue weighted by Gasteiger charge is 2.30. The van der Waals surface area contributed by atoms with E-state index >= 15 is 0 Å². The second-order valence-electron chi connectivity index (χ2n) is 7.09. The summed E-state index contributed by atoms with van der Waals surface area (Å²) < 4.78 is 32.3. The maximum absolute atomic E-state index is 13.4. The molecular weight excluding hydrogens is 334 g/mol. The van der Waals surface area contributed by atoms with Gasteiger partial charge in [0.15, 0.2) is 0 Å². The van der Waals surface area contributed by atoms with Crippen molar-refractivity contribution < 1.29 is 13.5 Å². The molecule has 4 rings (SSSR count). The average molecular weight is 358 g/mol. The highest BCUT2D eigenvalue weighted by molar-refractivity contribution is 5.32. The van der Waals surface area contributed by atoms with Gasteiger partial charge in [-0.05, 0) is 41.8 Å². The summed E-state index contributed by atoms with van der Waals surface area (Å²) in [5.74, 6) is -0.477. The van der Waals surface area contributed by atoms with Gasteiger partial charge in [-0.1, -0.05) is 24.3 Å². The van der Waals surface area contributed by atoms with E-state index in [9.17, 15) is 8.78 Å². The van der Waals surface area contributed by atoms with E-state index in [4.69, 9.17) is 4.74 Å². The van der Waals surface area contributed by atoms with Gasteiger partial charge in [-0.15, -0.1) is 0 Å². The number of benzene rings is 2. The zero-order chi connectivity index (χ0) is 17.9. The van der Waals surface area contributed by atoms with Crippen molar-refractivity contribution in [2.75, 3.05) is 39.4 Å². The van der Waals surface area contributed by atoms with Gasteiger partial charge in [-0.3, -0.25) is 9.80 Å². The standard InChI is InChI=1S/C21H24F2N2O/c22-18-5-1-16(2-6-18)21(17-3-7-19(23)8-4-17)25-12-10-24(11-13-25)20-9-14-26-15-20/h1-8,20-21H,9-15H2. The molecule has 26 heavy (non-hydrogen) atoms. The molecule has 0 aromatic heterocycles. The number of piperazine rings is 1. The Morgan fingerprint density at radius 1 is 0.808 bits per heavy atom. The molecule has 0 radical (unpaired) electrons. The van der Waals surface area contributed by atoms with E-state index in [1.165, 1.54) is 24.3 Å². The van der Waals surface area contributed by atoms with Crippen LogP contribution >= 0.6 is 0 Å². The Kier molecular flexibility index (Phi) is 5.29. The molecule has 2 aromatic rings. The predicted octanol–water partition coefficient (Wildman–Crippen LogP) is 3.46. The van der Waals surface area contributed by atoms with Crippen LogP contribution in [0.1, 0.15) is 23.6 Å². The Morgan fingerprint density at radius 2 is 1.35 bits per heavy atom. The van der Waals surface area contributed by atoms with E-state index in [0.717, 1.165) is 56.9 Å². The van der Waals surface area contributed by atoms with Gasteiger partial charge in [-0.25, -0.2) is 8.78 Å². The quantitative estimate of drug-likeness (QED) is 0.833. The lowest BCUT2D eigenvalue weighted by Gasteiger charge is -2.41. The first-order valence-electron chi connectivity index (χ1n) is 9.27. The van der Waals surface area contributed by atoms with Crippen LogP contribution in [0.4, 0.5) is 8.78 Å². The maximum Gasteiger partial charge on any atom is 0.123 e. The summed E-state index contributed by atoms with van der Waals surface area (Å²) in [5.41, 5.74) is 2.08. The first-order chi connectivity index (χ1) is 12.7. The van der Waals surface area contributed by atoms with Crippen LogP contribution in [-0.2, 0) is 4.74 Å². The fraction of sp³-hybridized carbons (Fsp3) is 0.429. The molecule has 0 bridgehead atoms. The molecule has 0 spiro atoms. The van der Waals surface area contributed by atoms with Gasteiger partial charge in [0, 0.05) is 38.8 Å². The highest BCUT2D eigenvalue weighted by Crippen LogP contribution is 2.30. The van der Waals surface area contributed by atoms with Gasteiger partial charge in [0.1, 0.15) is 11.6 Å². The van der Waals surface area contributed by atoms with Crippen LogP contribution < -0.4 is 0 Å². The number of halogens is 2. The van der Waals surface area contributed by atoms with E-state index in [2.05, 4.69) is 9.80 Å². The first-order valence-corrected chi connectivity index (χ1v) is 9.27. The Bertz CT molecular complexity index is 660. The fourth-order valence-corrected chi connectivity index (χ4v) is 4.08. The lowest BCUT2D eigenvalue weighted by Crippen LogP contribution is -2.51. The molecule has 0 N–H and O–H groups in total. The molecule has 0 saturated carbocycles. The monoisotopic (exact) mass is 358 g/mol. The van der Waals surface area contributed by atoms with Crippen LogP contribution in [0.2, 0.25) is 0 Å². The van der Waals surface area contributed by atoms with E-state index in [1.807, 2.05) is 24.3 Å². The zero-order valence-electron chi connectivity index (χ0n) is 14.8. The smallest absolute Gasteiger partial charge is 0.123 e. The number of rotatable bonds is 4. The lowest BCUT2D eigenvalue weighted by atomic mass is 9.96. The molecule has 0 aliphatic carbocycles. The fourth-order valence-electron chi connectivity index (χ4n) is 4.08. The molecular formula is C21H24F2N2O. The minimum atomic E-state index is -0.238. The molecule has 2 fully saturated rings. The third kappa shape index (κ3) is 3.80. The van der Waals surface area contributed by atoms with E-state index in [-0.39, 0.29) is 17.7 Å². The van der Waals surface area contributed by atoms with Crippen molar-refractivity contribution >= 4 is 0 Å². The van der Waals surface area contributed by atoms with Gasteiger partial charge in [0.25, 0.3) is 0 Å². The number of nitrogens with zero attached hydrogens (tertiary/aromatic N) is 2. The molecule has 1 unspecified atom stereocenters. The summed E-state index contributed by atoms with van der Waals surface area (Å²) in [5, 5.41) is 0. The van der Waals surface area contributed by atoms with Gasteiger partial charge >= 0.3 is 0 Å². The van der Waals surface area contributed by atoms with Gasteiger partial charge in [0.05, 0.1) is 12.6 Å². The second kappa shape index (κ2) is 7.82. The Morgan fingerprint density at radius 3 is 1.81 bits per heavy atom. The maximum atomic E-state index is 13.4. The van der Waals surface area contributed by atoms with Gasteiger partial charge in [-0.2, -0.15) is 0 Å². The van der Waals surface area contributed by atoms with Gasteiger partial charge < -0.3 is 4.74 Å². The summed E-state index contributed by atoms with van der Waals surface area (Å²) in [6.07, 6.45) is 1.11. The summed E-state index contributed by atoms with van der Waals surface area (Å²) in [6, 6.07) is 13.9. The summed E-state index contributed by atoms with van der Waals surface area (Å²) in [4.78, 5) is 4.92. The Hall–Kier alpha value is -1.82. The van der Waals surface area contributed by atoms with E-state index in [0.29, 0.717) is 6.04 Å². The summed E-state index contributed by atoms with van der Waals surface area (Å²) in [7, 11) is 0. The molecule has 2 aromatic carbocycles. The third-order valence-corrected chi connectivity index (χ3v) is 5.51. The molecule has 0 amide bonds. The Labute approximate surface area is 153 Å². The molecule has 1 atom stereocenters. The molecule has 5 heteroatoms. The first kappa shape index (κ1) is 17.6. The van der Waals surface area contributed by atoms with E-state index < -0.39 is 0 Å². The normalized spacial score (nSPS) is 22.2. The van der Waals surface area contributed by atoms with Crippen molar-refractivity contribution in [3.8, 4) is 0 Å². The summed E-state index contributed by atoms with van der Waals surface area (Å²) in [6.45, 7) is 5.53. The Balaban J connectivity index is 1.55. The lowest BCUT2D eigenvalue weighted by molar-refractivity contribution is 0.0708. The van der Waals surface area contributed by atoms with Crippen LogP contribution in [0, 0.1) is 11.6 Å². The third-order valence-electron chi connectivity index (χ3n) is 5.51. The van der Waals surface area contributed by atoms with Crippen LogP contribution in [0.25, 0.3) is 0 Å². The van der Waals surface area contributed by atoms with Crippen molar-refractivity contribution in [3.05, 3.63) is 71.3 Å². The topological polar surface area (TPSA) is 15.7 Å². The van der Waals surface area contributed by atoms with Crippen LogP contribution in [0.5, 0.6) is 0 Å². The van der Waals surface area contributed by atoms with E-state index in [1.54, 1.807) is 0 Å². The number of hydrogen-bond donors (Lipinski definition) is 0.